The summed E-state index contributed by atoms with van der Waals surface area (Å²) in [5.74, 6) is -2.76. The third-order valence-corrected chi connectivity index (χ3v) is 3.56. The van der Waals surface area contributed by atoms with Crippen molar-refractivity contribution in [2.45, 2.75) is 32.7 Å². The average molecular weight is 368 g/mol. The number of benzene rings is 1. The molecule has 0 aliphatic rings. The molecule has 1 aromatic carbocycles. The monoisotopic (exact) mass is 368 g/mol. The number of nitrogens with zero attached hydrogens (tertiary/aromatic N) is 1. The highest BCUT2D eigenvalue weighted by molar-refractivity contribution is 5.73. The van der Waals surface area contributed by atoms with Crippen molar-refractivity contribution in [3.63, 3.8) is 0 Å². The molecule has 0 aliphatic carbocycles. The molecule has 26 heavy (non-hydrogen) atoms. The van der Waals surface area contributed by atoms with Gasteiger partial charge in [0.1, 0.15) is 6.04 Å². The average Bonchev–Trinajstić information content (AvgIpc) is 2.57. The van der Waals surface area contributed by atoms with Crippen LogP contribution in [0.15, 0.2) is 30.3 Å². The first-order valence-corrected chi connectivity index (χ1v) is 8.31. The molecule has 8 nitrogen and oxygen atoms in total. The van der Waals surface area contributed by atoms with E-state index in [2.05, 4.69) is 0 Å². The molecule has 0 aliphatic heterocycles. The van der Waals surface area contributed by atoms with Crippen molar-refractivity contribution in [1.29, 1.82) is 0 Å². The van der Waals surface area contributed by atoms with Crippen molar-refractivity contribution < 1.29 is 29.7 Å². The van der Waals surface area contributed by atoms with Gasteiger partial charge in [0.25, 0.3) is 0 Å². The lowest BCUT2D eigenvalue weighted by atomic mass is 10.1. The Kier molecular flexibility index (Phi) is 11.6. The van der Waals surface area contributed by atoms with Gasteiger partial charge >= 0.3 is 17.9 Å². The summed E-state index contributed by atoms with van der Waals surface area (Å²) in [6.45, 7) is 4.23. The van der Waals surface area contributed by atoms with E-state index in [1.165, 1.54) is 0 Å². The predicted octanol–water partition coefficient (Wildman–Crippen LogP) is 1.14. The van der Waals surface area contributed by atoms with Crippen LogP contribution in [0, 0.1) is 5.92 Å². The maximum absolute atomic E-state index is 10.7. The van der Waals surface area contributed by atoms with Gasteiger partial charge in [-0.05, 0) is 17.9 Å². The molecule has 0 heterocycles. The van der Waals surface area contributed by atoms with Gasteiger partial charge in [-0.3, -0.25) is 19.3 Å². The third-order valence-electron chi connectivity index (χ3n) is 3.56. The van der Waals surface area contributed by atoms with Crippen LogP contribution in [-0.2, 0) is 20.8 Å². The number of rotatable bonds is 10. The minimum Gasteiger partial charge on any atom is -0.481 e. The normalized spacial score (nSPS) is 11.6. The van der Waals surface area contributed by atoms with Crippen LogP contribution in [0.2, 0.25) is 0 Å². The summed E-state index contributed by atoms with van der Waals surface area (Å²) in [5, 5.41) is 25.6. The van der Waals surface area contributed by atoms with Gasteiger partial charge in [0.2, 0.25) is 0 Å². The fraction of sp³-hybridized carbons (Fsp3) is 0.500. The van der Waals surface area contributed by atoms with E-state index < -0.39 is 23.9 Å². The Bertz CT molecular complexity index is 562. The van der Waals surface area contributed by atoms with E-state index >= 15 is 0 Å². The summed E-state index contributed by atoms with van der Waals surface area (Å²) in [6.07, 6.45) is 0.676. The lowest BCUT2D eigenvalue weighted by Crippen LogP contribution is -2.34. The molecule has 0 fully saturated rings. The summed E-state index contributed by atoms with van der Waals surface area (Å²) in [4.78, 5) is 32.8. The molecule has 0 radical (unpaired) electrons. The van der Waals surface area contributed by atoms with E-state index in [4.69, 9.17) is 21.1 Å². The molecule has 0 saturated carbocycles. The maximum Gasteiger partial charge on any atom is 0.320 e. The first-order chi connectivity index (χ1) is 12.1. The summed E-state index contributed by atoms with van der Waals surface area (Å²) < 4.78 is 0. The van der Waals surface area contributed by atoms with E-state index in [-0.39, 0.29) is 25.4 Å². The maximum atomic E-state index is 10.7. The molecular formula is C18H28N2O6. The fourth-order valence-corrected chi connectivity index (χ4v) is 1.93. The van der Waals surface area contributed by atoms with Crippen LogP contribution >= 0.6 is 0 Å². The van der Waals surface area contributed by atoms with E-state index in [1.54, 1.807) is 18.7 Å². The number of hydrogen-bond donors (Lipinski definition) is 4. The highest BCUT2D eigenvalue weighted by Crippen LogP contribution is 2.02. The summed E-state index contributed by atoms with van der Waals surface area (Å²) in [7, 11) is 0. The van der Waals surface area contributed by atoms with Crippen molar-refractivity contribution >= 4 is 17.9 Å². The van der Waals surface area contributed by atoms with Gasteiger partial charge < -0.3 is 21.1 Å². The fourth-order valence-electron chi connectivity index (χ4n) is 1.93. The Morgan fingerprint density at radius 1 is 1.00 bits per heavy atom. The molecule has 5 N–H and O–H groups in total. The molecule has 146 valence electrons. The van der Waals surface area contributed by atoms with Crippen LogP contribution in [-0.4, -0.2) is 63.8 Å². The Hall–Kier alpha value is -2.45. The minimum absolute atomic E-state index is 0.0208. The van der Waals surface area contributed by atoms with Crippen LogP contribution in [0.4, 0.5) is 0 Å². The molecule has 0 bridgehead atoms. The molecule has 0 unspecified atom stereocenters. The number of carbonyl (C=O) groups is 3. The van der Waals surface area contributed by atoms with Crippen LogP contribution in [0.1, 0.15) is 25.8 Å². The number of carboxylic acids is 3. The predicted molar refractivity (Wildman–Crippen MR) is 96.9 cm³/mol. The Morgan fingerprint density at radius 3 is 1.96 bits per heavy atom. The summed E-state index contributed by atoms with van der Waals surface area (Å²) in [6, 6.07) is 8.99. The molecule has 0 spiro atoms. The molecular weight excluding hydrogens is 340 g/mol. The molecule has 0 saturated heterocycles. The summed E-state index contributed by atoms with van der Waals surface area (Å²) >= 11 is 0. The largest absolute Gasteiger partial charge is 0.481 e. The lowest BCUT2D eigenvalue weighted by molar-refractivity contribution is -0.141. The highest BCUT2D eigenvalue weighted by Gasteiger charge is 2.14. The molecule has 1 aromatic rings. The first-order valence-electron chi connectivity index (χ1n) is 8.31. The van der Waals surface area contributed by atoms with Crippen molar-refractivity contribution in [1.82, 2.24) is 4.90 Å². The van der Waals surface area contributed by atoms with Gasteiger partial charge in [0, 0.05) is 13.1 Å². The Morgan fingerprint density at radius 2 is 1.58 bits per heavy atom. The number of aliphatic carboxylic acids is 3. The third kappa shape index (κ3) is 12.0. The van der Waals surface area contributed by atoms with Gasteiger partial charge in [-0.1, -0.05) is 44.2 Å². The molecule has 1 atom stereocenters. The van der Waals surface area contributed by atoms with Crippen LogP contribution < -0.4 is 5.73 Å². The van der Waals surface area contributed by atoms with Gasteiger partial charge in [0.05, 0.1) is 13.0 Å². The van der Waals surface area contributed by atoms with Crippen molar-refractivity contribution in [3.05, 3.63) is 35.9 Å². The summed E-state index contributed by atoms with van der Waals surface area (Å²) in [5.41, 5.74) is 6.27. The second-order valence-electron chi connectivity index (χ2n) is 6.16. The quantitative estimate of drug-likeness (QED) is 0.482. The Balaban J connectivity index is 0.000000660. The number of nitrogens with two attached hydrogens (primary N) is 1. The van der Waals surface area contributed by atoms with Crippen LogP contribution in [0.3, 0.4) is 0 Å². The van der Waals surface area contributed by atoms with Crippen LogP contribution in [0.5, 0.6) is 0 Å². The number of carboxylic acid groups (broad SMARTS) is 3. The van der Waals surface area contributed by atoms with E-state index in [0.717, 1.165) is 5.56 Å². The highest BCUT2D eigenvalue weighted by atomic mass is 16.4. The van der Waals surface area contributed by atoms with Crippen LogP contribution in [0.25, 0.3) is 0 Å². The standard InChI is InChI=1S/C13H17NO4.C5H11NO2/c15-12(16)7-9-14(10-13(17)18)8-6-11-4-2-1-3-5-11;1-3(2)4(6)5(7)8/h1-5H,6-10H2,(H,15,16)(H,17,18);3-4H,6H2,1-2H3,(H,7,8)/t;4-/m.1/s1. The zero-order valence-electron chi connectivity index (χ0n) is 15.2. The van der Waals surface area contributed by atoms with Gasteiger partial charge in [-0.25, -0.2) is 0 Å². The first kappa shape index (κ1) is 23.5. The zero-order valence-corrected chi connectivity index (χ0v) is 15.2. The second kappa shape index (κ2) is 12.8. The number of hydrogen-bond acceptors (Lipinski definition) is 5. The minimum atomic E-state index is -0.937. The van der Waals surface area contributed by atoms with E-state index in [9.17, 15) is 14.4 Å². The second-order valence-corrected chi connectivity index (χ2v) is 6.16. The molecule has 0 amide bonds. The van der Waals surface area contributed by atoms with Gasteiger partial charge in [0.15, 0.2) is 0 Å². The lowest BCUT2D eigenvalue weighted by Gasteiger charge is -2.19. The molecule has 1 rings (SSSR count). The smallest absolute Gasteiger partial charge is 0.320 e. The van der Waals surface area contributed by atoms with E-state index in [1.807, 2.05) is 30.3 Å². The SMILES string of the molecule is CC(C)[C@@H](N)C(=O)O.O=C(O)CCN(CCc1ccccc1)CC(=O)O. The molecule has 8 heteroatoms. The van der Waals surface area contributed by atoms with E-state index in [0.29, 0.717) is 13.0 Å². The van der Waals surface area contributed by atoms with Crippen molar-refractivity contribution in [3.8, 4) is 0 Å². The van der Waals surface area contributed by atoms with Crippen molar-refractivity contribution in [2.24, 2.45) is 11.7 Å². The Labute approximate surface area is 153 Å². The zero-order chi connectivity index (χ0) is 20.1. The topological polar surface area (TPSA) is 141 Å². The molecule has 0 aromatic heterocycles. The van der Waals surface area contributed by atoms with Gasteiger partial charge in [-0.2, -0.15) is 0 Å². The van der Waals surface area contributed by atoms with Gasteiger partial charge in [-0.15, -0.1) is 0 Å². The van der Waals surface area contributed by atoms with Crippen molar-refractivity contribution in [2.75, 3.05) is 19.6 Å².